The molecule has 1 amide bonds. The Labute approximate surface area is 224 Å². The molecule has 11 heteroatoms. The fraction of sp³-hybridized carbons (Fsp3) is 0.500. The number of carboxylic acid groups (broad SMARTS) is 1. The Morgan fingerprint density at radius 3 is 2.41 bits per heavy atom. The van der Waals surface area contributed by atoms with Crippen LogP contribution in [0, 0.1) is 11.6 Å². The second-order valence-corrected chi connectivity index (χ2v) is 9.91. The molecular formula is C28H34F5N3O3. The van der Waals surface area contributed by atoms with Gasteiger partial charge in [-0.25, -0.2) is 13.6 Å². The predicted octanol–water partition coefficient (Wildman–Crippen LogP) is 5.73. The molecular weight excluding hydrogens is 521 g/mol. The Kier molecular flexibility index (Phi) is 10.4. The first-order chi connectivity index (χ1) is 18.4. The zero-order valence-electron chi connectivity index (χ0n) is 21.8. The molecule has 0 aromatic heterocycles. The summed E-state index contributed by atoms with van der Waals surface area (Å²) >= 11 is 0. The van der Waals surface area contributed by atoms with E-state index in [1.807, 2.05) is 0 Å². The molecule has 214 valence electrons. The molecule has 3 N–H and O–H groups in total. The Morgan fingerprint density at radius 2 is 1.77 bits per heavy atom. The van der Waals surface area contributed by atoms with Crippen LogP contribution in [0.1, 0.15) is 68.2 Å². The molecule has 6 nitrogen and oxygen atoms in total. The fourth-order valence-electron chi connectivity index (χ4n) is 5.12. The lowest BCUT2D eigenvalue weighted by Gasteiger charge is -2.39. The molecule has 0 bridgehead atoms. The summed E-state index contributed by atoms with van der Waals surface area (Å²) in [7, 11) is 0. The number of benzene rings is 2. The number of carbonyl (C=O) groups is 2. The number of nitrogens with zero attached hydrogens (tertiary/aromatic N) is 2. The van der Waals surface area contributed by atoms with Gasteiger partial charge >= 0.3 is 12.1 Å². The van der Waals surface area contributed by atoms with Gasteiger partial charge in [0.2, 0.25) is 5.91 Å². The number of carboxylic acids is 1. The van der Waals surface area contributed by atoms with Gasteiger partial charge in [0.15, 0.2) is 11.6 Å². The molecule has 1 aliphatic heterocycles. The molecule has 2 aliphatic rings. The minimum absolute atomic E-state index is 0.0794. The number of likely N-dealkylation sites (tertiary alicyclic amines) is 1. The molecule has 4 rings (SSSR count). The largest absolute Gasteiger partial charge is 0.490 e. The number of anilines is 1. The number of fused-ring (bicyclic) bond motifs is 1. The number of aliphatic carboxylic acids is 1. The summed E-state index contributed by atoms with van der Waals surface area (Å²) in [6.07, 6.45) is 1.70. The van der Waals surface area contributed by atoms with Crippen LogP contribution in [0.5, 0.6) is 0 Å². The normalized spacial score (nSPS) is 19.5. The third-order valence-corrected chi connectivity index (χ3v) is 7.16. The highest BCUT2D eigenvalue weighted by atomic mass is 19.4. The number of hydrogen-bond donors (Lipinski definition) is 2. The van der Waals surface area contributed by atoms with E-state index < -0.39 is 23.8 Å². The van der Waals surface area contributed by atoms with Crippen molar-refractivity contribution in [1.82, 2.24) is 4.90 Å². The van der Waals surface area contributed by atoms with Gasteiger partial charge in [-0.1, -0.05) is 31.5 Å². The van der Waals surface area contributed by atoms with Crippen molar-refractivity contribution < 1.29 is 36.6 Å². The van der Waals surface area contributed by atoms with Gasteiger partial charge in [0.25, 0.3) is 0 Å². The minimum Gasteiger partial charge on any atom is -0.475 e. The third-order valence-electron chi connectivity index (χ3n) is 7.16. The Hall–Kier alpha value is -3.05. The SMILES string of the molecule is CCC(=O)N(CC1CCCCN1Cc1ccc2c(c1)CCC[C@H]2N)c1ccc(F)c(F)c1.O=C(O)C(F)(F)F. The van der Waals surface area contributed by atoms with Crippen molar-refractivity contribution >= 4 is 17.6 Å². The average molecular weight is 556 g/mol. The van der Waals surface area contributed by atoms with Crippen LogP contribution in [0.25, 0.3) is 0 Å². The summed E-state index contributed by atoms with van der Waals surface area (Å²) in [5.74, 6) is -4.66. The van der Waals surface area contributed by atoms with E-state index in [4.69, 9.17) is 15.6 Å². The Bertz CT molecular complexity index is 1160. The van der Waals surface area contributed by atoms with Crippen molar-refractivity contribution in [2.24, 2.45) is 5.73 Å². The number of carbonyl (C=O) groups excluding carboxylic acids is 1. The van der Waals surface area contributed by atoms with Crippen molar-refractivity contribution in [2.75, 3.05) is 18.0 Å². The maximum atomic E-state index is 13.9. The quantitative estimate of drug-likeness (QED) is 0.445. The number of nitrogens with two attached hydrogens (primary N) is 1. The van der Waals surface area contributed by atoms with Crippen molar-refractivity contribution in [2.45, 2.75) is 76.7 Å². The van der Waals surface area contributed by atoms with Gasteiger partial charge in [-0.3, -0.25) is 9.69 Å². The standard InChI is InChI=1S/C26H33F2N3O.C2HF3O2/c1-2-26(32)31(20-10-12-23(27)24(28)15-20)17-21-7-3-4-13-30(21)16-18-9-11-22-19(14-18)6-5-8-25(22)29;3-2(4,5)1(6)7/h9-12,14-15,21,25H,2-8,13,16-17,29H2,1H3;(H,6,7)/t21?,25-;/m1./s1. The van der Waals surface area contributed by atoms with Crippen LogP contribution in [0.3, 0.4) is 0 Å². The maximum absolute atomic E-state index is 13.9. The van der Waals surface area contributed by atoms with Crippen molar-refractivity contribution in [1.29, 1.82) is 0 Å². The third kappa shape index (κ3) is 8.22. The summed E-state index contributed by atoms with van der Waals surface area (Å²) in [6, 6.07) is 10.7. The van der Waals surface area contributed by atoms with E-state index in [0.29, 0.717) is 18.7 Å². The van der Waals surface area contributed by atoms with Gasteiger partial charge in [-0.05, 0) is 67.5 Å². The van der Waals surface area contributed by atoms with Crippen LogP contribution in [-0.4, -0.2) is 47.2 Å². The topological polar surface area (TPSA) is 86.9 Å². The molecule has 2 aromatic rings. The van der Waals surface area contributed by atoms with Gasteiger partial charge in [0, 0.05) is 43.3 Å². The van der Waals surface area contributed by atoms with Crippen molar-refractivity contribution in [3.05, 3.63) is 64.7 Å². The highest BCUT2D eigenvalue weighted by molar-refractivity contribution is 5.93. The molecule has 0 saturated carbocycles. The van der Waals surface area contributed by atoms with E-state index >= 15 is 0 Å². The highest BCUT2D eigenvalue weighted by Crippen LogP contribution is 2.30. The number of alkyl halides is 3. The zero-order valence-corrected chi connectivity index (χ0v) is 21.8. The molecule has 1 unspecified atom stereocenters. The highest BCUT2D eigenvalue weighted by Gasteiger charge is 2.38. The zero-order chi connectivity index (χ0) is 28.7. The first-order valence-electron chi connectivity index (χ1n) is 13.1. The van der Waals surface area contributed by atoms with E-state index in [1.165, 1.54) is 22.8 Å². The minimum atomic E-state index is -5.08. The lowest BCUT2D eigenvalue weighted by molar-refractivity contribution is -0.192. The Balaban J connectivity index is 0.000000532. The summed E-state index contributed by atoms with van der Waals surface area (Å²) in [5.41, 5.74) is 10.6. The summed E-state index contributed by atoms with van der Waals surface area (Å²) in [5, 5.41) is 7.12. The fourth-order valence-corrected chi connectivity index (χ4v) is 5.12. The van der Waals surface area contributed by atoms with Crippen LogP contribution in [0.4, 0.5) is 27.6 Å². The van der Waals surface area contributed by atoms with Gasteiger partial charge in [0.05, 0.1) is 0 Å². The van der Waals surface area contributed by atoms with E-state index in [1.54, 1.807) is 11.8 Å². The van der Waals surface area contributed by atoms with E-state index in [-0.39, 0.29) is 18.0 Å². The van der Waals surface area contributed by atoms with Gasteiger partial charge in [-0.2, -0.15) is 13.2 Å². The molecule has 1 fully saturated rings. The van der Waals surface area contributed by atoms with Crippen LogP contribution in [0.2, 0.25) is 0 Å². The van der Waals surface area contributed by atoms with Crippen molar-refractivity contribution in [3.8, 4) is 0 Å². The van der Waals surface area contributed by atoms with Gasteiger partial charge in [0.1, 0.15) is 0 Å². The summed E-state index contributed by atoms with van der Waals surface area (Å²) in [4.78, 5) is 25.7. The first-order valence-corrected chi connectivity index (χ1v) is 13.1. The monoisotopic (exact) mass is 555 g/mol. The van der Waals surface area contributed by atoms with Crippen LogP contribution >= 0.6 is 0 Å². The number of piperidine rings is 1. The van der Waals surface area contributed by atoms with Crippen LogP contribution in [-0.2, 0) is 22.6 Å². The second kappa shape index (κ2) is 13.3. The lowest BCUT2D eigenvalue weighted by atomic mass is 9.87. The average Bonchev–Trinajstić information content (AvgIpc) is 2.89. The molecule has 1 aliphatic carbocycles. The molecule has 1 heterocycles. The predicted molar refractivity (Wildman–Crippen MR) is 137 cm³/mol. The number of hydrogen-bond acceptors (Lipinski definition) is 4. The van der Waals surface area contributed by atoms with Crippen LogP contribution < -0.4 is 10.6 Å². The smallest absolute Gasteiger partial charge is 0.475 e. The number of amides is 1. The van der Waals surface area contributed by atoms with Gasteiger partial charge in [-0.15, -0.1) is 0 Å². The van der Waals surface area contributed by atoms with E-state index in [9.17, 15) is 26.7 Å². The molecule has 0 spiro atoms. The molecule has 2 atom stereocenters. The van der Waals surface area contributed by atoms with E-state index in [2.05, 4.69) is 23.1 Å². The summed E-state index contributed by atoms with van der Waals surface area (Å²) < 4.78 is 59.1. The van der Waals surface area contributed by atoms with Crippen LogP contribution in [0.15, 0.2) is 36.4 Å². The number of aryl methyl sites for hydroxylation is 1. The number of halogens is 5. The second-order valence-electron chi connectivity index (χ2n) is 9.91. The first kappa shape index (κ1) is 30.5. The maximum Gasteiger partial charge on any atom is 0.490 e. The molecule has 2 aromatic carbocycles. The van der Waals surface area contributed by atoms with E-state index in [0.717, 1.165) is 63.7 Å². The molecule has 39 heavy (non-hydrogen) atoms. The van der Waals surface area contributed by atoms with Crippen molar-refractivity contribution in [3.63, 3.8) is 0 Å². The molecule has 1 saturated heterocycles. The summed E-state index contributed by atoms with van der Waals surface area (Å²) in [6.45, 7) is 4.06. The molecule has 0 radical (unpaired) electrons. The lowest BCUT2D eigenvalue weighted by Crippen LogP contribution is -2.48. The Morgan fingerprint density at radius 1 is 1.05 bits per heavy atom. The van der Waals surface area contributed by atoms with Gasteiger partial charge < -0.3 is 15.7 Å². The number of rotatable bonds is 6.